The summed E-state index contributed by atoms with van der Waals surface area (Å²) in [6, 6.07) is 6.42. The van der Waals surface area contributed by atoms with Crippen molar-refractivity contribution in [3.63, 3.8) is 0 Å². The van der Waals surface area contributed by atoms with Crippen molar-refractivity contribution in [3.05, 3.63) is 21.9 Å². The van der Waals surface area contributed by atoms with Gasteiger partial charge in [0, 0.05) is 35.4 Å². The van der Waals surface area contributed by atoms with E-state index in [1.54, 1.807) is 11.3 Å². The first-order valence-electron chi connectivity index (χ1n) is 6.91. The quantitative estimate of drug-likeness (QED) is 0.927. The maximum absolute atomic E-state index is 12.4. The highest BCUT2D eigenvalue weighted by Crippen LogP contribution is 2.30. The van der Waals surface area contributed by atoms with Gasteiger partial charge in [0.05, 0.1) is 6.07 Å². The Hall–Kier alpha value is -1.38. The van der Waals surface area contributed by atoms with Crippen molar-refractivity contribution in [2.45, 2.75) is 39.2 Å². The van der Waals surface area contributed by atoms with E-state index in [0.29, 0.717) is 26.1 Å². The summed E-state index contributed by atoms with van der Waals surface area (Å²) in [5.41, 5.74) is -0.905. The number of hydrogen-bond acceptors (Lipinski definition) is 4. The van der Waals surface area contributed by atoms with E-state index in [0.717, 1.165) is 6.42 Å². The average Bonchev–Trinajstić information content (AvgIpc) is 2.84. The fraction of sp³-hybridized carbons (Fsp3) is 0.600. The molecule has 20 heavy (non-hydrogen) atoms. The largest absolute Gasteiger partial charge is 0.381 e. The van der Waals surface area contributed by atoms with E-state index < -0.39 is 5.41 Å². The van der Waals surface area contributed by atoms with Crippen LogP contribution in [0.15, 0.2) is 12.1 Å². The molecule has 0 aromatic carbocycles. The lowest BCUT2D eigenvalue weighted by Crippen LogP contribution is -2.47. The Bertz CT molecular complexity index is 512. The van der Waals surface area contributed by atoms with E-state index in [4.69, 9.17) is 4.74 Å². The van der Waals surface area contributed by atoms with E-state index in [2.05, 4.69) is 30.4 Å². The second-order valence-electron chi connectivity index (χ2n) is 5.40. The molecule has 0 aliphatic carbocycles. The third-order valence-corrected chi connectivity index (χ3v) is 4.70. The number of nitriles is 1. The highest BCUT2D eigenvalue weighted by Gasteiger charge is 2.40. The minimum absolute atomic E-state index is 0.0358. The van der Waals surface area contributed by atoms with Crippen molar-refractivity contribution in [2.75, 3.05) is 13.2 Å². The predicted molar refractivity (Wildman–Crippen MR) is 78.5 cm³/mol. The molecule has 2 rings (SSSR count). The molecule has 2 heterocycles. The number of nitrogens with one attached hydrogen (secondary N) is 1. The highest BCUT2D eigenvalue weighted by atomic mass is 32.1. The van der Waals surface area contributed by atoms with Gasteiger partial charge >= 0.3 is 0 Å². The van der Waals surface area contributed by atoms with Crippen LogP contribution < -0.4 is 5.32 Å². The summed E-state index contributed by atoms with van der Waals surface area (Å²) in [7, 11) is 0. The number of hydrogen-bond donors (Lipinski definition) is 1. The molecular weight excluding hydrogens is 272 g/mol. The minimum Gasteiger partial charge on any atom is -0.381 e. The summed E-state index contributed by atoms with van der Waals surface area (Å²) in [6.45, 7) is 5.03. The van der Waals surface area contributed by atoms with Gasteiger partial charge in [0.1, 0.15) is 5.41 Å². The molecule has 0 bridgehead atoms. The van der Waals surface area contributed by atoms with Crippen molar-refractivity contribution in [2.24, 2.45) is 5.41 Å². The summed E-state index contributed by atoms with van der Waals surface area (Å²) >= 11 is 1.75. The molecular formula is C15H20N2O2S. The van der Waals surface area contributed by atoms with Crippen LogP contribution in [-0.2, 0) is 16.0 Å². The summed E-state index contributed by atoms with van der Waals surface area (Å²) in [6.07, 6.45) is 1.78. The Labute approximate surface area is 123 Å². The molecule has 1 aromatic rings. The number of thiophene rings is 1. The van der Waals surface area contributed by atoms with E-state index in [9.17, 15) is 10.1 Å². The molecule has 1 aliphatic heterocycles. The van der Waals surface area contributed by atoms with Gasteiger partial charge in [-0.3, -0.25) is 4.79 Å². The van der Waals surface area contributed by atoms with Gasteiger partial charge < -0.3 is 10.1 Å². The van der Waals surface area contributed by atoms with Crippen LogP contribution in [0.1, 0.15) is 29.5 Å². The zero-order valence-electron chi connectivity index (χ0n) is 11.9. The topological polar surface area (TPSA) is 62.1 Å². The van der Waals surface area contributed by atoms with Crippen LogP contribution in [0.25, 0.3) is 0 Å². The van der Waals surface area contributed by atoms with Gasteiger partial charge in [0.15, 0.2) is 0 Å². The van der Waals surface area contributed by atoms with Gasteiger partial charge in [-0.05, 0) is 38.8 Å². The standard InChI is InChI=1S/C15H20N2O2S/c1-11(9-13-4-3-12(2)20-13)17-14(18)15(10-16)5-7-19-8-6-15/h3-4,11H,5-9H2,1-2H3,(H,17,18). The van der Waals surface area contributed by atoms with Gasteiger partial charge in [-0.1, -0.05) is 0 Å². The Morgan fingerprint density at radius 3 is 2.80 bits per heavy atom. The van der Waals surface area contributed by atoms with Crippen molar-refractivity contribution in [1.82, 2.24) is 5.32 Å². The molecule has 1 unspecified atom stereocenters. The number of rotatable bonds is 4. The van der Waals surface area contributed by atoms with E-state index in [1.165, 1.54) is 9.75 Å². The van der Waals surface area contributed by atoms with E-state index >= 15 is 0 Å². The van der Waals surface area contributed by atoms with Crippen molar-refractivity contribution in [1.29, 1.82) is 5.26 Å². The third-order valence-electron chi connectivity index (χ3n) is 3.68. The molecule has 1 aliphatic rings. The summed E-state index contributed by atoms with van der Waals surface area (Å²) in [5, 5.41) is 12.3. The van der Waals surface area contributed by atoms with Crippen LogP contribution in [0, 0.1) is 23.7 Å². The lowest BCUT2D eigenvalue weighted by atomic mass is 9.80. The average molecular weight is 292 g/mol. The number of ether oxygens (including phenoxy) is 1. The number of carbonyl (C=O) groups excluding carboxylic acids is 1. The van der Waals surface area contributed by atoms with Gasteiger partial charge in [-0.15, -0.1) is 11.3 Å². The third kappa shape index (κ3) is 3.38. The first-order chi connectivity index (χ1) is 9.55. The Morgan fingerprint density at radius 2 is 2.25 bits per heavy atom. The van der Waals surface area contributed by atoms with Gasteiger partial charge in [0.2, 0.25) is 5.91 Å². The highest BCUT2D eigenvalue weighted by molar-refractivity contribution is 7.11. The first-order valence-corrected chi connectivity index (χ1v) is 7.73. The lowest BCUT2D eigenvalue weighted by molar-refractivity contribution is -0.133. The van der Waals surface area contributed by atoms with Gasteiger partial charge in [-0.2, -0.15) is 5.26 Å². The van der Waals surface area contributed by atoms with Crippen molar-refractivity contribution < 1.29 is 9.53 Å². The zero-order valence-corrected chi connectivity index (χ0v) is 12.8. The fourth-order valence-corrected chi connectivity index (χ4v) is 3.44. The fourth-order valence-electron chi connectivity index (χ4n) is 2.42. The number of carbonyl (C=O) groups is 1. The molecule has 0 saturated carbocycles. The zero-order chi connectivity index (χ0) is 14.6. The van der Waals surface area contributed by atoms with Crippen molar-refractivity contribution >= 4 is 17.2 Å². The number of aryl methyl sites for hydroxylation is 1. The summed E-state index contributed by atoms with van der Waals surface area (Å²) in [5.74, 6) is -0.149. The van der Waals surface area contributed by atoms with E-state index in [1.807, 2.05) is 6.92 Å². The van der Waals surface area contributed by atoms with Crippen molar-refractivity contribution in [3.8, 4) is 6.07 Å². The second kappa shape index (κ2) is 6.38. The van der Waals surface area contributed by atoms with Crippen LogP contribution >= 0.6 is 11.3 Å². The summed E-state index contributed by atoms with van der Waals surface area (Å²) in [4.78, 5) is 14.9. The minimum atomic E-state index is -0.905. The molecule has 1 atom stereocenters. The van der Waals surface area contributed by atoms with E-state index in [-0.39, 0.29) is 11.9 Å². The molecule has 1 aromatic heterocycles. The van der Waals surface area contributed by atoms with Crippen LogP contribution in [0.2, 0.25) is 0 Å². The summed E-state index contributed by atoms with van der Waals surface area (Å²) < 4.78 is 5.25. The number of amides is 1. The first kappa shape index (κ1) is 15.0. The predicted octanol–water partition coefficient (Wildman–Crippen LogP) is 2.42. The Balaban J connectivity index is 1.94. The molecule has 0 spiro atoms. The molecule has 0 radical (unpaired) electrons. The molecule has 1 N–H and O–H groups in total. The molecule has 5 heteroatoms. The van der Waals surface area contributed by atoms with Gasteiger partial charge in [0.25, 0.3) is 0 Å². The SMILES string of the molecule is Cc1ccc(CC(C)NC(=O)C2(C#N)CCOCC2)s1. The molecule has 1 fully saturated rings. The molecule has 1 amide bonds. The van der Waals surface area contributed by atoms with Crippen LogP contribution in [0.3, 0.4) is 0 Å². The molecule has 108 valence electrons. The normalized spacial score (nSPS) is 19.1. The van der Waals surface area contributed by atoms with Crippen LogP contribution in [0.5, 0.6) is 0 Å². The molecule has 1 saturated heterocycles. The smallest absolute Gasteiger partial charge is 0.240 e. The maximum atomic E-state index is 12.4. The van der Waals surface area contributed by atoms with Crippen LogP contribution in [-0.4, -0.2) is 25.2 Å². The maximum Gasteiger partial charge on any atom is 0.240 e. The molecule has 4 nitrogen and oxygen atoms in total. The number of nitrogens with zero attached hydrogens (tertiary/aromatic N) is 1. The Morgan fingerprint density at radius 1 is 1.55 bits per heavy atom. The monoisotopic (exact) mass is 292 g/mol. The van der Waals surface area contributed by atoms with Gasteiger partial charge in [-0.25, -0.2) is 0 Å². The lowest BCUT2D eigenvalue weighted by Gasteiger charge is -2.30. The Kier molecular flexibility index (Phi) is 4.79. The second-order valence-corrected chi connectivity index (χ2v) is 6.77. The van der Waals surface area contributed by atoms with Crippen LogP contribution in [0.4, 0.5) is 0 Å².